The lowest BCUT2D eigenvalue weighted by Gasteiger charge is -2.32. The van der Waals surface area contributed by atoms with Crippen LogP contribution in [0.5, 0.6) is 0 Å². The van der Waals surface area contributed by atoms with Gasteiger partial charge in [0.15, 0.2) is 0 Å². The molecule has 1 saturated heterocycles. The molecule has 70 valence electrons. The Hall–Kier alpha value is -0.640. The van der Waals surface area contributed by atoms with Crippen molar-refractivity contribution in [2.24, 2.45) is 5.92 Å². The Morgan fingerprint density at radius 2 is 2.42 bits per heavy atom. The molecule has 1 rings (SSSR count). The van der Waals surface area contributed by atoms with Crippen molar-refractivity contribution in [2.45, 2.75) is 25.4 Å². The smallest absolute Gasteiger partial charge is 0.309 e. The molecule has 1 N–H and O–H groups in total. The van der Waals surface area contributed by atoms with Crippen molar-refractivity contribution in [3.63, 3.8) is 0 Å². The van der Waals surface area contributed by atoms with Crippen LogP contribution in [0.25, 0.3) is 0 Å². The zero-order valence-corrected chi connectivity index (χ0v) is 7.05. The summed E-state index contributed by atoms with van der Waals surface area (Å²) >= 11 is 0. The van der Waals surface area contributed by atoms with Crippen molar-refractivity contribution in [1.82, 2.24) is 0 Å². The average Bonchev–Trinajstić information content (AvgIpc) is 2.04. The number of aliphatic carboxylic acids is 1. The van der Waals surface area contributed by atoms with Crippen LogP contribution < -0.4 is 0 Å². The highest BCUT2D eigenvalue weighted by atomic mass is 19.1. The molecule has 0 aromatic carbocycles. The van der Waals surface area contributed by atoms with E-state index in [2.05, 4.69) is 0 Å². The van der Waals surface area contributed by atoms with Gasteiger partial charge in [-0.2, -0.15) is 0 Å². The van der Waals surface area contributed by atoms with Crippen molar-refractivity contribution in [1.29, 1.82) is 0 Å². The van der Waals surface area contributed by atoms with E-state index in [-0.39, 0.29) is 6.61 Å². The molecule has 12 heavy (non-hydrogen) atoms. The number of ether oxygens (including phenoxy) is 1. The zero-order chi connectivity index (χ0) is 9.19. The van der Waals surface area contributed by atoms with Crippen LogP contribution >= 0.6 is 0 Å². The Bertz CT molecular complexity index is 175. The summed E-state index contributed by atoms with van der Waals surface area (Å²) in [5, 5.41) is 8.60. The third kappa shape index (κ3) is 1.75. The molecule has 0 aromatic rings. The number of hydrogen-bond donors (Lipinski definition) is 1. The summed E-state index contributed by atoms with van der Waals surface area (Å²) in [4.78, 5) is 10.5. The van der Waals surface area contributed by atoms with Gasteiger partial charge in [-0.3, -0.25) is 4.79 Å². The molecular formula is C8H13FO3. The minimum Gasteiger partial charge on any atom is -0.481 e. The quantitative estimate of drug-likeness (QED) is 0.688. The molecule has 1 fully saturated rings. The Morgan fingerprint density at radius 1 is 1.75 bits per heavy atom. The highest BCUT2D eigenvalue weighted by Crippen LogP contribution is 2.31. The van der Waals surface area contributed by atoms with Gasteiger partial charge in [0.25, 0.3) is 0 Å². The molecule has 4 heteroatoms. The van der Waals surface area contributed by atoms with E-state index in [4.69, 9.17) is 9.84 Å². The molecule has 0 aromatic heterocycles. The predicted molar refractivity (Wildman–Crippen MR) is 40.7 cm³/mol. The Balaban J connectivity index is 2.62. The maximum absolute atomic E-state index is 13.7. The van der Waals surface area contributed by atoms with Crippen LogP contribution in [0.2, 0.25) is 0 Å². The number of carboxylic acid groups (broad SMARTS) is 1. The van der Waals surface area contributed by atoms with Crippen LogP contribution in [0.4, 0.5) is 4.39 Å². The van der Waals surface area contributed by atoms with Gasteiger partial charge in [-0.05, 0) is 19.8 Å². The Kier molecular flexibility index (Phi) is 2.67. The van der Waals surface area contributed by atoms with E-state index in [1.54, 1.807) is 0 Å². The molecule has 1 heterocycles. The largest absolute Gasteiger partial charge is 0.481 e. The van der Waals surface area contributed by atoms with Crippen molar-refractivity contribution in [3.05, 3.63) is 0 Å². The minimum atomic E-state index is -1.66. The topological polar surface area (TPSA) is 46.5 Å². The normalized spacial score (nSPS) is 32.8. The molecule has 0 bridgehead atoms. The summed E-state index contributed by atoms with van der Waals surface area (Å²) in [6, 6.07) is 0. The van der Waals surface area contributed by atoms with Gasteiger partial charge in [0.2, 0.25) is 0 Å². The molecule has 0 amide bonds. The lowest BCUT2D eigenvalue weighted by Crippen LogP contribution is -2.43. The first kappa shape index (κ1) is 9.45. The van der Waals surface area contributed by atoms with Gasteiger partial charge >= 0.3 is 5.97 Å². The van der Waals surface area contributed by atoms with Gasteiger partial charge in [-0.15, -0.1) is 0 Å². The second-order valence-electron chi connectivity index (χ2n) is 3.25. The van der Waals surface area contributed by atoms with Gasteiger partial charge in [-0.25, -0.2) is 4.39 Å². The molecule has 0 aliphatic carbocycles. The fourth-order valence-electron chi connectivity index (χ4n) is 1.34. The summed E-state index contributed by atoms with van der Waals surface area (Å²) in [5.41, 5.74) is -1.66. The highest BCUT2D eigenvalue weighted by Gasteiger charge is 2.42. The summed E-state index contributed by atoms with van der Waals surface area (Å²) < 4.78 is 18.6. The molecule has 0 spiro atoms. The van der Waals surface area contributed by atoms with Gasteiger partial charge in [0.05, 0.1) is 12.5 Å². The van der Waals surface area contributed by atoms with E-state index in [0.29, 0.717) is 19.4 Å². The van der Waals surface area contributed by atoms with E-state index >= 15 is 0 Å². The standard InChI is InChI=1S/C8H13FO3/c1-6(7(10)11)8(9)3-2-4-12-5-8/h6H,2-5H2,1H3,(H,10,11). The van der Waals surface area contributed by atoms with Gasteiger partial charge in [0.1, 0.15) is 5.67 Å². The van der Waals surface area contributed by atoms with E-state index in [9.17, 15) is 9.18 Å². The van der Waals surface area contributed by atoms with E-state index < -0.39 is 17.6 Å². The number of carbonyl (C=O) groups is 1. The minimum absolute atomic E-state index is 0.0829. The van der Waals surface area contributed by atoms with Crippen LogP contribution in [0.3, 0.4) is 0 Å². The average molecular weight is 176 g/mol. The first-order valence-corrected chi connectivity index (χ1v) is 4.06. The number of halogens is 1. The monoisotopic (exact) mass is 176 g/mol. The predicted octanol–water partition coefficient (Wildman–Crippen LogP) is 1.23. The summed E-state index contributed by atoms with van der Waals surface area (Å²) in [5.74, 6) is -2.07. The highest BCUT2D eigenvalue weighted by molar-refractivity contribution is 5.71. The van der Waals surface area contributed by atoms with Crippen molar-refractivity contribution in [2.75, 3.05) is 13.2 Å². The molecule has 2 atom stereocenters. The van der Waals surface area contributed by atoms with Gasteiger partial charge < -0.3 is 9.84 Å². The van der Waals surface area contributed by atoms with Crippen molar-refractivity contribution >= 4 is 5.97 Å². The van der Waals surface area contributed by atoms with E-state index in [1.807, 2.05) is 0 Å². The SMILES string of the molecule is CC(C(=O)O)C1(F)CCCOC1. The van der Waals surface area contributed by atoms with E-state index in [0.717, 1.165) is 0 Å². The third-order valence-corrected chi connectivity index (χ3v) is 2.37. The molecule has 0 saturated carbocycles. The molecule has 1 aliphatic heterocycles. The number of alkyl halides is 1. The van der Waals surface area contributed by atoms with Crippen LogP contribution in [0.15, 0.2) is 0 Å². The van der Waals surface area contributed by atoms with Crippen LogP contribution in [0, 0.1) is 5.92 Å². The summed E-state index contributed by atoms with van der Waals surface area (Å²) in [6.45, 7) is 1.84. The summed E-state index contributed by atoms with van der Waals surface area (Å²) in [6.07, 6.45) is 0.897. The second kappa shape index (κ2) is 3.39. The summed E-state index contributed by atoms with van der Waals surface area (Å²) in [7, 11) is 0. The maximum Gasteiger partial charge on any atom is 0.309 e. The van der Waals surface area contributed by atoms with Crippen molar-refractivity contribution in [3.8, 4) is 0 Å². The number of rotatable bonds is 2. The zero-order valence-electron chi connectivity index (χ0n) is 7.05. The maximum atomic E-state index is 13.7. The first-order chi connectivity index (χ1) is 5.56. The lowest BCUT2D eigenvalue weighted by atomic mass is 9.86. The van der Waals surface area contributed by atoms with Gasteiger partial charge in [-0.1, -0.05) is 0 Å². The molecule has 1 aliphatic rings. The Morgan fingerprint density at radius 3 is 2.83 bits per heavy atom. The number of hydrogen-bond acceptors (Lipinski definition) is 2. The molecule has 0 radical (unpaired) electrons. The number of carboxylic acids is 1. The lowest BCUT2D eigenvalue weighted by molar-refractivity contribution is -0.152. The fourth-order valence-corrected chi connectivity index (χ4v) is 1.34. The van der Waals surface area contributed by atoms with Gasteiger partial charge in [0, 0.05) is 6.61 Å². The van der Waals surface area contributed by atoms with Crippen molar-refractivity contribution < 1.29 is 19.0 Å². The van der Waals surface area contributed by atoms with Crippen LogP contribution in [0.1, 0.15) is 19.8 Å². The third-order valence-electron chi connectivity index (χ3n) is 2.37. The molecule has 3 nitrogen and oxygen atoms in total. The Labute approximate surface area is 70.5 Å². The fraction of sp³-hybridized carbons (Fsp3) is 0.875. The van der Waals surface area contributed by atoms with E-state index in [1.165, 1.54) is 6.92 Å². The second-order valence-corrected chi connectivity index (χ2v) is 3.25. The first-order valence-electron chi connectivity index (χ1n) is 4.06. The molecule has 2 unspecified atom stereocenters. The van der Waals surface area contributed by atoms with Crippen LogP contribution in [-0.4, -0.2) is 30.0 Å². The molecular weight excluding hydrogens is 163 g/mol. The van der Waals surface area contributed by atoms with Crippen LogP contribution in [-0.2, 0) is 9.53 Å².